The van der Waals surface area contributed by atoms with Crippen molar-refractivity contribution in [1.82, 2.24) is 0 Å². The van der Waals surface area contributed by atoms with E-state index >= 15 is 0 Å². The molecule has 1 heterocycles. The zero-order valence-electron chi connectivity index (χ0n) is 12.4. The van der Waals surface area contributed by atoms with Gasteiger partial charge in [0, 0.05) is 23.2 Å². The normalized spacial score (nSPS) is 17.3. The fraction of sp³-hybridized carbons (Fsp3) is 0.118. The van der Waals surface area contributed by atoms with Gasteiger partial charge in [0.1, 0.15) is 0 Å². The summed E-state index contributed by atoms with van der Waals surface area (Å²) in [4.78, 5) is 29.9. The Morgan fingerprint density at radius 2 is 1.83 bits per heavy atom. The van der Waals surface area contributed by atoms with E-state index in [1.54, 1.807) is 31.3 Å². The second kappa shape index (κ2) is 5.85. The molecule has 116 valence electrons. The molecule has 2 aromatic rings. The van der Waals surface area contributed by atoms with E-state index in [1.807, 2.05) is 24.3 Å². The number of aliphatic imine (C=N–C) groups is 1. The molecule has 0 saturated carbocycles. The van der Waals surface area contributed by atoms with Gasteiger partial charge in [-0.25, -0.2) is 0 Å². The van der Waals surface area contributed by atoms with Crippen LogP contribution in [0.3, 0.4) is 0 Å². The number of amides is 2. The number of para-hydroxylation sites is 1. The minimum atomic E-state index is -1.25. The van der Waals surface area contributed by atoms with Crippen LogP contribution in [-0.4, -0.2) is 30.6 Å². The first-order valence-electron chi connectivity index (χ1n) is 6.99. The first kappa shape index (κ1) is 15.2. The molecular formula is C17H14ClN3O2. The lowest BCUT2D eigenvalue weighted by Gasteiger charge is -2.19. The predicted molar refractivity (Wildman–Crippen MR) is 89.9 cm³/mol. The van der Waals surface area contributed by atoms with Crippen molar-refractivity contribution in [1.29, 1.82) is 0 Å². The topological polar surface area (TPSA) is 75.8 Å². The Morgan fingerprint density at radius 3 is 2.48 bits per heavy atom. The Labute approximate surface area is 138 Å². The summed E-state index contributed by atoms with van der Waals surface area (Å²) in [5.74, 6) is -1.23. The summed E-state index contributed by atoms with van der Waals surface area (Å²) in [5.41, 5.74) is 8.11. The van der Waals surface area contributed by atoms with Crippen LogP contribution in [-0.2, 0) is 9.59 Å². The first-order valence-corrected chi connectivity index (χ1v) is 7.37. The number of halogens is 1. The molecule has 1 aliphatic rings. The zero-order valence-corrected chi connectivity index (χ0v) is 13.1. The van der Waals surface area contributed by atoms with Crippen molar-refractivity contribution in [2.24, 2.45) is 10.7 Å². The van der Waals surface area contributed by atoms with Crippen LogP contribution >= 0.6 is 11.6 Å². The van der Waals surface area contributed by atoms with Crippen LogP contribution in [0.5, 0.6) is 0 Å². The number of anilines is 1. The number of primary amides is 1. The van der Waals surface area contributed by atoms with E-state index in [-0.39, 0.29) is 0 Å². The van der Waals surface area contributed by atoms with Crippen molar-refractivity contribution in [3.05, 3.63) is 64.7 Å². The average Bonchev–Trinajstić information content (AvgIpc) is 2.65. The predicted octanol–water partition coefficient (Wildman–Crippen LogP) is 2.01. The van der Waals surface area contributed by atoms with Gasteiger partial charge in [0.15, 0.2) is 0 Å². The molecule has 6 heteroatoms. The number of nitrogens with zero attached hydrogens (tertiary/aromatic N) is 2. The van der Waals surface area contributed by atoms with Gasteiger partial charge < -0.3 is 10.6 Å². The smallest absolute Gasteiger partial charge is 0.261 e. The molecule has 2 N–H and O–H groups in total. The molecule has 23 heavy (non-hydrogen) atoms. The summed E-state index contributed by atoms with van der Waals surface area (Å²) in [7, 11) is 1.61. The van der Waals surface area contributed by atoms with E-state index in [0.29, 0.717) is 16.4 Å². The molecule has 3 rings (SSSR count). The number of rotatable bonds is 2. The van der Waals surface area contributed by atoms with E-state index in [2.05, 4.69) is 4.99 Å². The third-order valence-corrected chi connectivity index (χ3v) is 3.98. The highest BCUT2D eigenvalue weighted by Crippen LogP contribution is 2.27. The van der Waals surface area contributed by atoms with Crippen LogP contribution in [0.2, 0.25) is 5.02 Å². The molecule has 5 nitrogen and oxygen atoms in total. The lowest BCUT2D eigenvalue weighted by molar-refractivity contribution is -0.127. The molecule has 1 aliphatic heterocycles. The average molecular weight is 328 g/mol. The van der Waals surface area contributed by atoms with E-state index in [1.165, 1.54) is 4.90 Å². The summed E-state index contributed by atoms with van der Waals surface area (Å²) >= 11 is 5.93. The van der Waals surface area contributed by atoms with Crippen molar-refractivity contribution in [3.63, 3.8) is 0 Å². The molecule has 0 aromatic heterocycles. The van der Waals surface area contributed by atoms with Crippen LogP contribution < -0.4 is 10.6 Å². The quantitative estimate of drug-likeness (QED) is 0.857. The molecule has 0 aliphatic carbocycles. The minimum Gasteiger partial charge on any atom is -0.367 e. The van der Waals surface area contributed by atoms with Gasteiger partial charge in [-0.2, -0.15) is 0 Å². The van der Waals surface area contributed by atoms with E-state index in [4.69, 9.17) is 17.3 Å². The third-order valence-electron chi connectivity index (χ3n) is 3.73. The van der Waals surface area contributed by atoms with Gasteiger partial charge in [0.05, 0.1) is 11.4 Å². The summed E-state index contributed by atoms with van der Waals surface area (Å²) < 4.78 is 0. The van der Waals surface area contributed by atoms with Crippen LogP contribution in [0, 0.1) is 0 Å². The van der Waals surface area contributed by atoms with Crippen molar-refractivity contribution in [2.45, 2.75) is 6.04 Å². The van der Waals surface area contributed by atoms with E-state index < -0.39 is 17.9 Å². The number of hydrogen-bond donors (Lipinski definition) is 1. The Bertz CT molecular complexity index is 815. The van der Waals surface area contributed by atoms with Crippen molar-refractivity contribution in [2.75, 3.05) is 11.9 Å². The Hall–Kier alpha value is -2.66. The summed E-state index contributed by atoms with van der Waals surface area (Å²) in [5, 5.41) is 0.593. The monoisotopic (exact) mass is 327 g/mol. The number of carbonyl (C=O) groups excluding carboxylic acids is 2. The standard InChI is InChI=1S/C17H14ClN3O2/c1-21-13-5-3-2-4-12(13)14(10-6-8-11(18)9-7-10)20-15(16(19)22)17(21)23/h2-9,15H,1H3,(H2,19,22). The fourth-order valence-electron chi connectivity index (χ4n) is 2.55. The second-order valence-corrected chi connectivity index (χ2v) is 5.64. The Balaban J connectivity index is 2.26. The Kier molecular flexibility index (Phi) is 3.88. The van der Waals surface area contributed by atoms with Crippen LogP contribution in [0.25, 0.3) is 0 Å². The van der Waals surface area contributed by atoms with Crippen LogP contribution in [0.15, 0.2) is 53.5 Å². The van der Waals surface area contributed by atoms with Crippen molar-refractivity contribution in [3.8, 4) is 0 Å². The van der Waals surface area contributed by atoms with Gasteiger partial charge in [-0.1, -0.05) is 41.9 Å². The SMILES string of the molecule is CN1C(=O)C(C(N)=O)N=C(c2ccc(Cl)cc2)c2ccccc21. The summed E-state index contributed by atoms with van der Waals surface area (Å²) in [6.07, 6.45) is 0. The maximum absolute atomic E-state index is 12.5. The van der Waals surface area contributed by atoms with Gasteiger partial charge in [0.2, 0.25) is 6.04 Å². The molecule has 0 bridgehead atoms. The van der Waals surface area contributed by atoms with Gasteiger partial charge in [-0.3, -0.25) is 14.6 Å². The number of hydrogen-bond acceptors (Lipinski definition) is 3. The molecule has 1 atom stereocenters. The lowest BCUT2D eigenvalue weighted by atomic mass is 10.0. The van der Waals surface area contributed by atoms with Crippen molar-refractivity contribution < 1.29 is 9.59 Å². The lowest BCUT2D eigenvalue weighted by Crippen LogP contribution is -2.42. The van der Waals surface area contributed by atoms with Gasteiger partial charge in [-0.05, 0) is 18.2 Å². The minimum absolute atomic E-state index is 0.450. The number of likely N-dealkylation sites (N-methyl/N-ethyl adjacent to an activating group) is 1. The molecular weight excluding hydrogens is 314 g/mol. The van der Waals surface area contributed by atoms with Gasteiger partial charge in [0.25, 0.3) is 11.8 Å². The molecule has 2 amide bonds. The van der Waals surface area contributed by atoms with Gasteiger partial charge >= 0.3 is 0 Å². The number of nitrogens with two attached hydrogens (primary N) is 1. The van der Waals surface area contributed by atoms with Crippen LogP contribution in [0.1, 0.15) is 11.1 Å². The number of fused-ring (bicyclic) bond motifs is 1. The molecule has 0 spiro atoms. The van der Waals surface area contributed by atoms with E-state index in [9.17, 15) is 9.59 Å². The maximum Gasteiger partial charge on any atom is 0.261 e. The van der Waals surface area contributed by atoms with Crippen LogP contribution in [0.4, 0.5) is 5.69 Å². The molecule has 0 fully saturated rings. The van der Waals surface area contributed by atoms with Gasteiger partial charge in [-0.15, -0.1) is 0 Å². The second-order valence-electron chi connectivity index (χ2n) is 5.20. The number of benzene rings is 2. The number of benzodiazepines with no additional fused rings is 1. The maximum atomic E-state index is 12.5. The third kappa shape index (κ3) is 2.71. The summed E-state index contributed by atoms with van der Waals surface area (Å²) in [6, 6.07) is 13.2. The first-order chi connectivity index (χ1) is 11.0. The molecule has 2 aromatic carbocycles. The summed E-state index contributed by atoms with van der Waals surface area (Å²) in [6.45, 7) is 0. The molecule has 0 radical (unpaired) electrons. The fourth-order valence-corrected chi connectivity index (χ4v) is 2.67. The molecule has 1 unspecified atom stereocenters. The zero-order chi connectivity index (χ0) is 16.6. The highest BCUT2D eigenvalue weighted by atomic mass is 35.5. The molecule has 0 saturated heterocycles. The highest BCUT2D eigenvalue weighted by Gasteiger charge is 2.33. The van der Waals surface area contributed by atoms with Crippen molar-refractivity contribution >= 4 is 34.8 Å². The Morgan fingerprint density at radius 1 is 1.17 bits per heavy atom. The highest BCUT2D eigenvalue weighted by molar-refractivity contribution is 6.31. The number of carbonyl (C=O) groups is 2. The van der Waals surface area contributed by atoms with E-state index in [0.717, 1.165) is 11.1 Å². The largest absolute Gasteiger partial charge is 0.367 e.